The van der Waals surface area contributed by atoms with Crippen molar-refractivity contribution >= 4 is 5.82 Å². The Morgan fingerprint density at radius 1 is 1.19 bits per heavy atom. The molecule has 0 aliphatic carbocycles. The van der Waals surface area contributed by atoms with Crippen molar-refractivity contribution in [1.29, 1.82) is 5.26 Å². The standard InChI is InChI=1S/C21H16F3N5O3/c1-28-6-7-29-19(28)9-18(27-20(29)30)31-12-13-2-4-16(14(8-13)10-25)32-15-3-5-17(26-11-15)21(22,23)24/h2-5,8-9,11H,6-7,12H2,1H3. The summed E-state index contributed by atoms with van der Waals surface area (Å²) in [6, 6.07) is 10.3. The van der Waals surface area contributed by atoms with Gasteiger partial charge in [-0.2, -0.15) is 23.4 Å². The summed E-state index contributed by atoms with van der Waals surface area (Å²) in [7, 11) is 1.87. The fourth-order valence-corrected chi connectivity index (χ4v) is 3.17. The summed E-state index contributed by atoms with van der Waals surface area (Å²) in [6.45, 7) is 1.33. The Balaban J connectivity index is 1.47. The van der Waals surface area contributed by atoms with Crippen LogP contribution in [-0.2, 0) is 19.3 Å². The third kappa shape index (κ3) is 4.34. The minimum absolute atomic E-state index is 0.0520. The Bertz CT molecular complexity index is 1250. The minimum Gasteiger partial charge on any atom is -0.473 e. The summed E-state index contributed by atoms with van der Waals surface area (Å²) in [4.78, 5) is 21.3. The van der Waals surface area contributed by atoms with Gasteiger partial charge in [0, 0.05) is 26.2 Å². The molecule has 11 heteroatoms. The van der Waals surface area contributed by atoms with Crippen LogP contribution in [0.2, 0.25) is 0 Å². The summed E-state index contributed by atoms with van der Waals surface area (Å²) in [6.07, 6.45) is -3.61. The van der Waals surface area contributed by atoms with Crippen LogP contribution in [0.25, 0.3) is 0 Å². The molecule has 1 aliphatic heterocycles. The van der Waals surface area contributed by atoms with E-state index in [4.69, 9.17) is 9.47 Å². The molecule has 4 rings (SSSR count). The molecule has 2 aromatic heterocycles. The van der Waals surface area contributed by atoms with Crippen molar-refractivity contribution in [3.05, 3.63) is 69.9 Å². The molecule has 0 spiro atoms. The molecule has 0 N–H and O–H groups in total. The van der Waals surface area contributed by atoms with E-state index in [0.29, 0.717) is 24.5 Å². The second-order valence-electron chi connectivity index (χ2n) is 7.02. The highest BCUT2D eigenvalue weighted by atomic mass is 19.4. The van der Waals surface area contributed by atoms with Crippen molar-refractivity contribution in [1.82, 2.24) is 14.5 Å². The number of hydrogen-bond donors (Lipinski definition) is 0. The van der Waals surface area contributed by atoms with Gasteiger partial charge in [-0.15, -0.1) is 0 Å². The van der Waals surface area contributed by atoms with Gasteiger partial charge in [0.15, 0.2) is 0 Å². The monoisotopic (exact) mass is 443 g/mol. The largest absolute Gasteiger partial charge is 0.473 e. The normalized spacial score (nSPS) is 12.9. The zero-order chi connectivity index (χ0) is 22.9. The maximum absolute atomic E-state index is 12.6. The first-order valence-electron chi connectivity index (χ1n) is 9.44. The van der Waals surface area contributed by atoms with E-state index in [-0.39, 0.29) is 29.5 Å². The highest BCUT2D eigenvalue weighted by Gasteiger charge is 2.32. The van der Waals surface area contributed by atoms with Gasteiger partial charge >= 0.3 is 11.9 Å². The predicted octanol–water partition coefficient (Wildman–Crippen LogP) is 3.35. The maximum Gasteiger partial charge on any atom is 0.433 e. The van der Waals surface area contributed by atoms with Gasteiger partial charge in [0.1, 0.15) is 35.7 Å². The Labute approximate surface area is 180 Å². The smallest absolute Gasteiger partial charge is 0.433 e. The third-order valence-electron chi connectivity index (χ3n) is 4.82. The fourth-order valence-electron chi connectivity index (χ4n) is 3.17. The van der Waals surface area contributed by atoms with E-state index in [2.05, 4.69) is 9.97 Å². The van der Waals surface area contributed by atoms with Gasteiger partial charge in [-0.3, -0.25) is 4.57 Å². The van der Waals surface area contributed by atoms with Crippen LogP contribution in [0.5, 0.6) is 17.4 Å². The Morgan fingerprint density at radius 3 is 2.69 bits per heavy atom. The summed E-state index contributed by atoms with van der Waals surface area (Å²) in [5.74, 6) is 1.11. The van der Waals surface area contributed by atoms with Crippen molar-refractivity contribution in [3.8, 4) is 23.4 Å². The highest BCUT2D eigenvalue weighted by Crippen LogP contribution is 2.30. The number of halogens is 3. The zero-order valence-corrected chi connectivity index (χ0v) is 16.8. The Kier molecular flexibility index (Phi) is 5.44. The van der Waals surface area contributed by atoms with Crippen molar-refractivity contribution in [3.63, 3.8) is 0 Å². The Hall–Kier alpha value is -4.07. The zero-order valence-electron chi connectivity index (χ0n) is 16.8. The molecule has 3 heterocycles. The SMILES string of the molecule is CN1CCn2c1cc(OCc1ccc(Oc3ccc(C(F)(F)F)nc3)c(C#N)c1)nc2=O. The number of nitriles is 1. The first kappa shape index (κ1) is 21.2. The van der Waals surface area contributed by atoms with E-state index < -0.39 is 17.6 Å². The number of hydrogen-bond acceptors (Lipinski definition) is 7. The molecule has 32 heavy (non-hydrogen) atoms. The quantitative estimate of drug-likeness (QED) is 0.597. The van der Waals surface area contributed by atoms with Crippen LogP contribution in [0.3, 0.4) is 0 Å². The van der Waals surface area contributed by atoms with Crippen LogP contribution in [0.4, 0.5) is 19.0 Å². The predicted molar refractivity (Wildman–Crippen MR) is 107 cm³/mol. The van der Waals surface area contributed by atoms with Crippen molar-refractivity contribution in [2.24, 2.45) is 0 Å². The molecule has 0 atom stereocenters. The summed E-state index contributed by atoms with van der Waals surface area (Å²) >= 11 is 0. The molecule has 1 aliphatic rings. The second kappa shape index (κ2) is 8.22. The molecule has 0 saturated heterocycles. The number of likely N-dealkylation sites (N-methyl/N-ethyl adjacent to an activating group) is 1. The van der Waals surface area contributed by atoms with Crippen molar-refractivity contribution < 1.29 is 22.6 Å². The van der Waals surface area contributed by atoms with Crippen molar-refractivity contribution in [2.45, 2.75) is 19.3 Å². The number of alkyl halides is 3. The molecule has 0 bridgehead atoms. The third-order valence-corrected chi connectivity index (χ3v) is 4.82. The van der Waals surface area contributed by atoms with Crippen molar-refractivity contribution in [2.75, 3.05) is 18.5 Å². The van der Waals surface area contributed by atoms with Gasteiger partial charge in [0.25, 0.3) is 0 Å². The molecule has 0 radical (unpaired) electrons. The second-order valence-corrected chi connectivity index (χ2v) is 7.02. The van der Waals surface area contributed by atoms with E-state index in [9.17, 15) is 23.2 Å². The summed E-state index contributed by atoms with van der Waals surface area (Å²) in [5, 5.41) is 9.43. The van der Waals surface area contributed by atoms with Gasteiger partial charge in [-0.1, -0.05) is 6.07 Å². The van der Waals surface area contributed by atoms with E-state index in [1.54, 1.807) is 16.7 Å². The van der Waals surface area contributed by atoms with Gasteiger partial charge < -0.3 is 14.4 Å². The molecule has 164 valence electrons. The van der Waals surface area contributed by atoms with E-state index in [1.807, 2.05) is 18.0 Å². The van der Waals surface area contributed by atoms with Crippen LogP contribution in [0.1, 0.15) is 16.8 Å². The summed E-state index contributed by atoms with van der Waals surface area (Å²) < 4.78 is 50.6. The lowest BCUT2D eigenvalue weighted by atomic mass is 10.1. The molecule has 3 aromatic rings. The van der Waals surface area contributed by atoms with E-state index in [0.717, 1.165) is 18.3 Å². The van der Waals surface area contributed by atoms with Crippen LogP contribution in [0, 0.1) is 11.3 Å². The van der Waals surface area contributed by atoms with Gasteiger partial charge in [-0.25, -0.2) is 9.78 Å². The minimum atomic E-state index is -4.55. The lowest BCUT2D eigenvalue weighted by Gasteiger charge is -2.13. The molecule has 0 saturated carbocycles. The molecule has 8 nitrogen and oxygen atoms in total. The molecule has 0 fully saturated rings. The van der Waals surface area contributed by atoms with Crippen LogP contribution in [0.15, 0.2) is 47.4 Å². The topological polar surface area (TPSA) is 93.3 Å². The molecule has 1 aromatic carbocycles. The first-order chi connectivity index (χ1) is 15.2. The maximum atomic E-state index is 12.6. The number of fused-ring (bicyclic) bond motifs is 1. The average molecular weight is 443 g/mol. The number of rotatable bonds is 5. The number of nitrogens with zero attached hydrogens (tertiary/aromatic N) is 5. The average Bonchev–Trinajstić information content (AvgIpc) is 3.14. The van der Waals surface area contributed by atoms with Gasteiger partial charge in [-0.05, 0) is 29.8 Å². The van der Waals surface area contributed by atoms with Gasteiger partial charge in [0.2, 0.25) is 5.88 Å². The van der Waals surface area contributed by atoms with E-state index >= 15 is 0 Å². The fraction of sp³-hybridized carbons (Fsp3) is 0.238. The lowest BCUT2D eigenvalue weighted by molar-refractivity contribution is -0.141. The molecular formula is C21H16F3N5O3. The number of pyridine rings is 1. The van der Waals surface area contributed by atoms with E-state index in [1.165, 1.54) is 12.1 Å². The Morgan fingerprint density at radius 2 is 2.00 bits per heavy atom. The number of benzene rings is 1. The van der Waals surface area contributed by atoms with Crippen LogP contribution in [-0.4, -0.2) is 28.1 Å². The number of anilines is 1. The van der Waals surface area contributed by atoms with Gasteiger partial charge in [0.05, 0.1) is 11.8 Å². The van der Waals surface area contributed by atoms with Crippen LogP contribution < -0.4 is 20.1 Å². The van der Waals surface area contributed by atoms with Crippen LogP contribution >= 0.6 is 0 Å². The number of ether oxygens (including phenoxy) is 2. The lowest BCUT2D eigenvalue weighted by Crippen LogP contribution is -2.22. The molecular weight excluding hydrogens is 427 g/mol. The summed E-state index contributed by atoms with van der Waals surface area (Å²) in [5.41, 5.74) is -0.653. The molecule has 0 amide bonds. The highest BCUT2D eigenvalue weighted by molar-refractivity contribution is 5.47. The molecule has 0 unspecified atom stereocenters. The first-order valence-corrected chi connectivity index (χ1v) is 9.44. The number of aromatic nitrogens is 3.